The number of aromatic nitrogens is 2. The number of fused-ring (bicyclic) bond motifs is 1. The number of ether oxygens (including phenoxy) is 2. The molecular weight excluding hydrogens is 494 g/mol. The average molecular weight is 530 g/mol. The summed E-state index contributed by atoms with van der Waals surface area (Å²) in [6, 6.07) is 13.9. The normalized spacial score (nSPS) is 16.2. The highest BCUT2D eigenvalue weighted by molar-refractivity contribution is 6.47. The van der Waals surface area contributed by atoms with E-state index in [1.807, 2.05) is 71.0 Å². The van der Waals surface area contributed by atoms with Crippen molar-refractivity contribution in [2.75, 3.05) is 13.1 Å². The number of piperidine rings is 1. The van der Waals surface area contributed by atoms with Gasteiger partial charge in [0, 0.05) is 24.8 Å². The van der Waals surface area contributed by atoms with Gasteiger partial charge in [-0.25, -0.2) is 9.31 Å². The van der Waals surface area contributed by atoms with Crippen LogP contribution in [0.15, 0.2) is 58.9 Å². The van der Waals surface area contributed by atoms with E-state index >= 15 is 0 Å². The highest BCUT2D eigenvalue weighted by atomic mass is 16.6. The van der Waals surface area contributed by atoms with Crippen molar-refractivity contribution in [3.05, 3.63) is 65.5 Å². The van der Waals surface area contributed by atoms with E-state index in [-0.39, 0.29) is 18.2 Å². The Balaban J connectivity index is 1.57. The second-order valence-electron chi connectivity index (χ2n) is 10.6. The van der Waals surface area contributed by atoms with Crippen molar-refractivity contribution in [2.24, 2.45) is 15.9 Å². The van der Waals surface area contributed by atoms with Crippen LogP contribution in [0.5, 0.6) is 5.75 Å². The zero-order valence-corrected chi connectivity index (χ0v) is 23.1. The molecule has 39 heavy (non-hydrogen) atoms. The largest absolute Gasteiger partial charge is 0.484 e. The monoisotopic (exact) mass is 529 g/mol. The number of carbonyl (C=O) groups is 1. The molecule has 1 atom stereocenters. The van der Waals surface area contributed by atoms with E-state index in [1.165, 1.54) is 6.20 Å². The van der Waals surface area contributed by atoms with Gasteiger partial charge >= 0.3 is 6.09 Å². The van der Waals surface area contributed by atoms with Crippen LogP contribution in [0, 0.1) is 11.3 Å². The van der Waals surface area contributed by atoms with Crippen molar-refractivity contribution in [1.29, 1.82) is 5.26 Å². The summed E-state index contributed by atoms with van der Waals surface area (Å²) in [5, 5.41) is 18.1. The number of hydrogen-bond acceptors (Lipinski definition) is 8. The number of rotatable bonds is 6. The highest BCUT2D eigenvalue weighted by Gasteiger charge is 2.27. The van der Waals surface area contributed by atoms with E-state index in [4.69, 9.17) is 20.3 Å². The number of aliphatic imine (C=N–C) groups is 1. The third-order valence-electron chi connectivity index (χ3n) is 6.51. The lowest BCUT2D eigenvalue weighted by Gasteiger charge is -2.32. The minimum Gasteiger partial charge on any atom is -0.484 e. The number of pyridine rings is 1. The topological polar surface area (TPSA) is 131 Å². The number of hydrazone groups is 1. The van der Waals surface area contributed by atoms with Gasteiger partial charge in [-0.15, -0.1) is 0 Å². The summed E-state index contributed by atoms with van der Waals surface area (Å²) in [7, 11) is 0. The molecule has 3 heterocycles. The molecule has 1 aliphatic heterocycles. The second-order valence-corrected chi connectivity index (χ2v) is 10.6. The first-order chi connectivity index (χ1) is 18.6. The molecule has 0 aliphatic carbocycles. The Labute approximate surface area is 228 Å². The molecule has 0 radical (unpaired) electrons. The molecule has 10 heteroatoms. The van der Waals surface area contributed by atoms with Crippen LogP contribution in [-0.4, -0.2) is 56.8 Å². The summed E-state index contributed by atoms with van der Waals surface area (Å²) >= 11 is 0. The predicted octanol–water partition coefficient (Wildman–Crippen LogP) is 4.87. The fraction of sp³-hybridized carbons (Fsp3) is 0.414. The van der Waals surface area contributed by atoms with Crippen LogP contribution in [-0.2, 0) is 4.74 Å². The Bertz CT molecular complexity index is 1420. The molecule has 1 fully saturated rings. The summed E-state index contributed by atoms with van der Waals surface area (Å²) in [4.78, 5) is 19.0. The molecule has 1 aliphatic rings. The molecule has 1 aromatic carbocycles. The lowest BCUT2D eigenvalue weighted by molar-refractivity contribution is 0.0207. The number of nitrogens with zero attached hydrogens (tertiary/aromatic N) is 6. The lowest BCUT2D eigenvalue weighted by Crippen LogP contribution is -2.42. The van der Waals surface area contributed by atoms with E-state index in [1.54, 1.807) is 15.6 Å². The number of nitrogens with two attached hydrogens (primary N) is 1. The van der Waals surface area contributed by atoms with Crippen LogP contribution in [0.25, 0.3) is 5.52 Å². The number of hydrogen-bond donors (Lipinski definition) is 1. The highest BCUT2D eigenvalue weighted by Crippen LogP contribution is 2.30. The van der Waals surface area contributed by atoms with Gasteiger partial charge < -0.3 is 20.2 Å². The maximum Gasteiger partial charge on any atom is 0.410 e. The molecule has 0 spiro atoms. The van der Waals surface area contributed by atoms with Gasteiger partial charge in [-0.05, 0) is 59.1 Å². The number of benzene rings is 1. The van der Waals surface area contributed by atoms with Crippen molar-refractivity contribution in [3.63, 3.8) is 0 Å². The second kappa shape index (κ2) is 11.6. The zero-order chi connectivity index (χ0) is 28.2. The van der Waals surface area contributed by atoms with Gasteiger partial charge in [0.1, 0.15) is 40.3 Å². The van der Waals surface area contributed by atoms with Gasteiger partial charge in [0.15, 0.2) is 0 Å². The molecule has 204 valence electrons. The summed E-state index contributed by atoms with van der Waals surface area (Å²) < 4.78 is 13.5. The minimum absolute atomic E-state index is 0.0212. The third kappa shape index (κ3) is 6.55. The Morgan fingerprint density at radius 1 is 1.23 bits per heavy atom. The summed E-state index contributed by atoms with van der Waals surface area (Å²) in [5.74, 6) is 6.36. The van der Waals surface area contributed by atoms with Crippen molar-refractivity contribution >= 4 is 23.0 Å². The van der Waals surface area contributed by atoms with E-state index in [0.717, 1.165) is 5.56 Å². The number of amides is 1. The molecule has 10 nitrogen and oxygen atoms in total. The Morgan fingerprint density at radius 3 is 2.54 bits per heavy atom. The molecule has 0 saturated carbocycles. The van der Waals surface area contributed by atoms with Gasteiger partial charge in [0.25, 0.3) is 0 Å². The molecule has 2 aromatic heterocycles. The minimum atomic E-state index is -0.527. The van der Waals surface area contributed by atoms with Crippen LogP contribution < -0.4 is 10.6 Å². The number of likely N-dealkylation sites (tertiary alicyclic amines) is 1. The van der Waals surface area contributed by atoms with Gasteiger partial charge in [-0.1, -0.05) is 30.3 Å². The third-order valence-corrected chi connectivity index (χ3v) is 6.51. The first-order valence-electron chi connectivity index (χ1n) is 13.0. The molecule has 0 bridgehead atoms. The molecule has 1 unspecified atom stereocenters. The molecule has 4 rings (SSSR count). The predicted molar refractivity (Wildman–Crippen MR) is 150 cm³/mol. The standard InChI is InChI=1S/C29H35N7O3/c1-19(33-24-11-13-35(14-12-24)28(37)39-29(3,4)5)26(34-31)22-15-25(27-23(16-30)17-32-36(27)18-22)38-20(2)21-9-7-6-8-10-21/h6-10,15,17-18,20,24H,11-14,31H2,1-5H3/b33-19?,34-26+. The van der Waals surface area contributed by atoms with Crippen LogP contribution >= 0.6 is 0 Å². The number of nitriles is 1. The van der Waals surface area contributed by atoms with Crippen molar-refractivity contribution in [2.45, 2.75) is 65.2 Å². The van der Waals surface area contributed by atoms with E-state index in [2.05, 4.69) is 16.3 Å². The maximum atomic E-state index is 12.4. The van der Waals surface area contributed by atoms with Gasteiger partial charge in [-0.2, -0.15) is 15.5 Å². The molecule has 3 aromatic rings. The van der Waals surface area contributed by atoms with Crippen LogP contribution in [0.1, 0.15) is 70.3 Å². The summed E-state index contributed by atoms with van der Waals surface area (Å²) in [6.45, 7) is 10.5. The first-order valence-corrected chi connectivity index (χ1v) is 13.0. The molecule has 1 saturated heterocycles. The molecular formula is C29H35N7O3. The van der Waals surface area contributed by atoms with Crippen molar-refractivity contribution < 1.29 is 14.3 Å². The zero-order valence-electron chi connectivity index (χ0n) is 23.1. The molecule has 1 amide bonds. The van der Waals surface area contributed by atoms with Crippen molar-refractivity contribution in [3.8, 4) is 11.8 Å². The first kappa shape index (κ1) is 27.6. The SMILES string of the molecule is CC(=NC1CCN(C(=O)OC(C)(C)C)CC1)/C(=N\N)c1cc(OC(C)c2ccccc2)c2c(C#N)cnn2c1. The van der Waals surface area contributed by atoms with E-state index in [0.29, 0.717) is 59.7 Å². The smallest absolute Gasteiger partial charge is 0.410 e. The average Bonchev–Trinajstić information content (AvgIpc) is 3.32. The van der Waals surface area contributed by atoms with Gasteiger partial charge in [0.2, 0.25) is 0 Å². The Kier molecular flexibility index (Phi) is 8.19. The fourth-order valence-corrected chi connectivity index (χ4v) is 4.58. The van der Waals surface area contributed by atoms with E-state index < -0.39 is 5.60 Å². The Hall–Kier alpha value is -4.39. The summed E-state index contributed by atoms with van der Waals surface area (Å²) in [6.07, 6.45) is 4.13. The quantitative estimate of drug-likeness (QED) is 0.275. The van der Waals surface area contributed by atoms with Crippen molar-refractivity contribution in [1.82, 2.24) is 14.5 Å². The molecule has 2 N–H and O–H groups in total. The van der Waals surface area contributed by atoms with Gasteiger partial charge in [-0.3, -0.25) is 4.99 Å². The van der Waals surface area contributed by atoms with Crippen LogP contribution in [0.4, 0.5) is 4.79 Å². The number of carbonyl (C=O) groups excluding carboxylic acids is 1. The fourth-order valence-electron chi connectivity index (χ4n) is 4.58. The van der Waals surface area contributed by atoms with Gasteiger partial charge in [0.05, 0.1) is 18.0 Å². The lowest BCUT2D eigenvalue weighted by atomic mass is 10.0. The van der Waals surface area contributed by atoms with E-state index in [9.17, 15) is 10.1 Å². The Morgan fingerprint density at radius 2 is 1.92 bits per heavy atom. The van der Waals surface area contributed by atoms with Crippen LogP contribution in [0.3, 0.4) is 0 Å². The van der Waals surface area contributed by atoms with Crippen LogP contribution in [0.2, 0.25) is 0 Å². The summed E-state index contributed by atoms with van der Waals surface area (Å²) in [5.41, 5.74) is 3.29. The maximum absolute atomic E-state index is 12.4.